The van der Waals surface area contributed by atoms with Crippen LogP contribution in [0.1, 0.15) is 5.69 Å². The number of aromatic nitrogens is 2. The van der Waals surface area contributed by atoms with Crippen LogP contribution in [0.2, 0.25) is 0 Å². The molecule has 0 unspecified atom stereocenters. The van der Waals surface area contributed by atoms with Crippen molar-refractivity contribution >= 4 is 32.7 Å². The Morgan fingerprint density at radius 1 is 1.39 bits per heavy atom. The van der Waals surface area contributed by atoms with E-state index >= 15 is 0 Å². The van der Waals surface area contributed by atoms with Gasteiger partial charge < -0.3 is 9.30 Å². The van der Waals surface area contributed by atoms with Gasteiger partial charge in [0, 0.05) is 7.05 Å². The van der Waals surface area contributed by atoms with Gasteiger partial charge in [-0.05, 0) is 36.7 Å². The summed E-state index contributed by atoms with van der Waals surface area (Å²) in [5.41, 5.74) is 1.72. The summed E-state index contributed by atoms with van der Waals surface area (Å²) in [6.45, 7) is 1.87. The third-order valence-corrected chi connectivity index (χ3v) is 4.20. The molecule has 0 amide bonds. The third-order valence-electron chi connectivity index (χ3n) is 3.19. The van der Waals surface area contributed by atoms with Crippen LogP contribution in [0.4, 0.5) is 0 Å². The van der Waals surface area contributed by atoms with Gasteiger partial charge in [0.25, 0.3) is 0 Å². The molecule has 5 heteroatoms. The second-order valence-corrected chi connectivity index (χ2v) is 4.97. The van der Waals surface area contributed by atoms with Crippen molar-refractivity contribution in [1.29, 1.82) is 0 Å². The van der Waals surface area contributed by atoms with Crippen LogP contribution in [0.5, 0.6) is 5.75 Å². The molecule has 4 nitrogen and oxygen atoms in total. The fraction of sp³-hybridized carbons (Fsp3) is 0.231. The first-order valence-electron chi connectivity index (χ1n) is 5.56. The second-order valence-electron chi connectivity index (χ2n) is 4.22. The van der Waals surface area contributed by atoms with Crippen molar-refractivity contribution in [1.82, 2.24) is 8.94 Å². The molecule has 3 rings (SSSR count). The number of fused-ring (bicyclic) bond motifs is 2. The van der Waals surface area contributed by atoms with Gasteiger partial charge in [-0.1, -0.05) is 0 Å². The lowest BCUT2D eigenvalue weighted by Gasteiger charge is -2.08. The molecule has 0 saturated heterocycles. The van der Waals surface area contributed by atoms with Gasteiger partial charge in [-0.15, -0.1) is 0 Å². The number of nitrogens with zero attached hydrogens (tertiary/aromatic N) is 2. The maximum absolute atomic E-state index is 12.5. The van der Waals surface area contributed by atoms with Crippen LogP contribution in [0.3, 0.4) is 0 Å². The zero-order valence-corrected chi connectivity index (χ0v) is 11.2. The van der Waals surface area contributed by atoms with E-state index in [0.29, 0.717) is 16.5 Å². The molecular formula is C13H12N2O2S. The average molecular weight is 260 g/mol. The number of pyridine rings is 1. The van der Waals surface area contributed by atoms with Crippen molar-refractivity contribution in [2.24, 2.45) is 7.05 Å². The van der Waals surface area contributed by atoms with Crippen LogP contribution in [0.15, 0.2) is 23.0 Å². The molecule has 0 N–H and O–H groups in total. The number of hydrogen-bond acceptors (Lipinski definition) is 4. The van der Waals surface area contributed by atoms with Crippen molar-refractivity contribution < 1.29 is 4.74 Å². The van der Waals surface area contributed by atoms with E-state index < -0.39 is 0 Å². The van der Waals surface area contributed by atoms with Gasteiger partial charge >= 0.3 is 0 Å². The molecule has 0 fully saturated rings. The van der Waals surface area contributed by atoms with Crippen LogP contribution in [0.25, 0.3) is 21.1 Å². The molecule has 0 aliphatic rings. The summed E-state index contributed by atoms with van der Waals surface area (Å²) in [6, 6.07) is 5.56. The smallest absolute Gasteiger partial charge is 0.200 e. The highest BCUT2D eigenvalue weighted by Crippen LogP contribution is 2.25. The Labute approximate surface area is 108 Å². The van der Waals surface area contributed by atoms with Gasteiger partial charge in [0.05, 0.1) is 29.1 Å². The van der Waals surface area contributed by atoms with Crippen molar-refractivity contribution in [3.63, 3.8) is 0 Å². The Balaban J connectivity index is 2.60. The van der Waals surface area contributed by atoms with E-state index in [1.54, 1.807) is 13.2 Å². The van der Waals surface area contributed by atoms with E-state index in [-0.39, 0.29) is 5.43 Å². The van der Waals surface area contributed by atoms with Gasteiger partial charge in [-0.2, -0.15) is 4.37 Å². The quantitative estimate of drug-likeness (QED) is 0.675. The molecular weight excluding hydrogens is 248 g/mol. The van der Waals surface area contributed by atoms with E-state index in [9.17, 15) is 4.79 Å². The normalized spacial score (nSPS) is 11.3. The van der Waals surface area contributed by atoms with Gasteiger partial charge in [-0.3, -0.25) is 4.79 Å². The Morgan fingerprint density at radius 2 is 2.17 bits per heavy atom. The number of benzene rings is 1. The molecule has 0 bridgehead atoms. The first-order valence-corrected chi connectivity index (χ1v) is 6.33. The lowest BCUT2D eigenvalue weighted by Crippen LogP contribution is -2.08. The highest BCUT2D eigenvalue weighted by atomic mass is 32.1. The Hall–Kier alpha value is -1.88. The van der Waals surface area contributed by atoms with Crippen LogP contribution in [-0.2, 0) is 7.05 Å². The SMILES string of the molecule is COc1ccc2c(c1)c(=O)c1c(C)nsc1n2C. The highest BCUT2D eigenvalue weighted by Gasteiger charge is 2.13. The number of methoxy groups -OCH3 is 1. The molecule has 0 spiro atoms. The number of aryl methyl sites for hydroxylation is 2. The van der Waals surface area contributed by atoms with Crippen LogP contribution < -0.4 is 10.2 Å². The van der Waals surface area contributed by atoms with Crippen LogP contribution >= 0.6 is 11.5 Å². The summed E-state index contributed by atoms with van der Waals surface area (Å²) in [5.74, 6) is 0.694. The number of rotatable bonds is 1. The summed E-state index contributed by atoms with van der Waals surface area (Å²) < 4.78 is 11.5. The minimum Gasteiger partial charge on any atom is -0.497 e. The van der Waals surface area contributed by atoms with E-state index in [2.05, 4.69) is 4.37 Å². The predicted molar refractivity (Wildman–Crippen MR) is 73.7 cm³/mol. The summed E-state index contributed by atoms with van der Waals surface area (Å²) in [6.07, 6.45) is 0. The monoisotopic (exact) mass is 260 g/mol. The van der Waals surface area contributed by atoms with Crippen LogP contribution in [-0.4, -0.2) is 16.1 Å². The molecule has 0 atom stereocenters. The molecule has 2 heterocycles. The third kappa shape index (κ3) is 1.37. The van der Waals surface area contributed by atoms with Crippen molar-refractivity contribution in [3.8, 4) is 5.75 Å². The summed E-state index contributed by atoms with van der Waals surface area (Å²) in [5, 5.41) is 1.39. The fourth-order valence-electron chi connectivity index (χ4n) is 2.21. The van der Waals surface area contributed by atoms with Crippen molar-refractivity contribution in [3.05, 3.63) is 34.1 Å². The molecule has 3 aromatic rings. The van der Waals surface area contributed by atoms with Gasteiger partial charge in [-0.25, -0.2) is 0 Å². The van der Waals surface area contributed by atoms with Crippen molar-refractivity contribution in [2.75, 3.05) is 7.11 Å². The first-order chi connectivity index (χ1) is 8.63. The zero-order valence-electron chi connectivity index (χ0n) is 10.4. The molecule has 0 aliphatic heterocycles. The maximum Gasteiger partial charge on any atom is 0.200 e. The number of hydrogen-bond donors (Lipinski definition) is 0. The summed E-state index contributed by atoms with van der Waals surface area (Å²) >= 11 is 1.36. The average Bonchev–Trinajstić information content (AvgIpc) is 2.78. The number of ether oxygens (including phenoxy) is 1. The molecule has 2 aromatic heterocycles. The Kier molecular flexibility index (Phi) is 2.38. The molecule has 0 saturated carbocycles. The van der Waals surface area contributed by atoms with E-state index in [0.717, 1.165) is 16.0 Å². The largest absolute Gasteiger partial charge is 0.497 e. The maximum atomic E-state index is 12.5. The zero-order chi connectivity index (χ0) is 12.9. The lowest BCUT2D eigenvalue weighted by molar-refractivity contribution is 0.415. The van der Waals surface area contributed by atoms with Crippen molar-refractivity contribution in [2.45, 2.75) is 6.92 Å². The van der Waals surface area contributed by atoms with E-state index in [1.807, 2.05) is 30.7 Å². The topological polar surface area (TPSA) is 44.1 Å². The minimum atomic E-state index is 0.0308. The van der Waals surface area contributed by atoms with Gasteiger partial charge in [0.1, 0.15) is 10.6 Å². The Bertz CT molecular complexity index is 817. The molecule has 92 valence electrons. The van der Waals surface area contributed by atoms with E-state index in [1.165, 1.54) is 11.5 Å². The van der Waals surface area contributed by atoms with Crippen LogP contribution in [0, 0.1) is 6.92 Å². The first kappa shape index (κ1) is 11.2. The molecule has 0 aliphatic carbocycles. The molecule has 0 radical (unpaired) electrons. The van der Waals surface area contributed by atoms with Gasteiger partial charge in [0.15, 0.2) is 5.43 Å². The van der Waals surface area contributed by atoms with E-state index in [4.69, 9.17) is 4.74 Å². The van der Waals surface area contributed by atoms with Gasteiger partial charge in [0.2, 0.25) is 0 Å². The predicted octanol–water partition coefficient (Wildman–Crippen LogP) is 2.47. The minimum absolute atomic E-state index is 0.0308. The Morgan fingerprint density at radius 3 is 2.89 bits per heavy atom. The summed E-state index contributed by atoms with van der Waals surface area (Å²) in [4.78, 5) is 13.4. The lowest BCUT2D eigenvalue weighted by atomic mass is 10.1. The second kappa shape index (κ2) is 3.81. The highest BCUT2D eigenvalue weighted by molar-refractivity contribution is 7.13. The molecule has 18 heavy (non-hydrogen) atoms. The summed E-state index contributed by atoms with van der Waals surface area (Å²) in [7, 11) is 3.55. The fourth-order valence-corrected chi connectivity index (χ4v) is 3.08. The molecule has 1 aromatic carbocycles. The standard InChI is InChI=1S/C13H12N2O2S/c1-7-11-12(16)9-6-8(17-3)4-5-10(9)15(2)13(11)18-14-7/h4-6H,1-3H3.